The van der Waals surface area contributed by atoms with E-state index in [4.69, 9.17) is 4.42 Å². The average Bonchev–Trinajstić information content (AvgIpc) is 3.07. The zero-order chi connectivity index (χ0) is 13.2. The highest BCUT2D eigenvalue weighted by atomic mass is 16.3. The Morgan fingerprint density at radius 1 is 1.26 bits per heavy atom. The number of rotatable bonds is 3. The first kappa shape index (κ1) is 11.6. The van der Waals surface area contributed by atoms with Crippen LogP contribution < -0.4 is 5.32 Å². The Balaban J connectivity index is 1.80. The first-order chi connectivity index (χ1) is 9.24. The molecule has 0 radical (unpaired) electrons. The number of aromatic nitrogens is 1. The number of amides is 1. The summed E-state index contributed by atoms with van der Waals surface area (Å²) in [6.07, 6.45) is 1.60. The molecule has 0 saturated carbocycles. The first-order valence-electron chi connectivity index (χ1n) is 6.16. The molecule has 3 aromatic rings. The maximum Gasteiger partial charge on any atom is 0.268 e. The van der Waals surface area contributed by atoms with Crippen molar-refractivity contribution in [3.63, 3.8) is 0 Å². The fourth-order valence-corrected chi connectivity index (χ4v) is 2.08. The van der Waals surface area contributed by atoms with Crippen molar-refractivity contribution in [2.45, 2.75) is 13.0 Å². The van der Waals surface area contributed by atoms with E-state index in [9.17, 15) is 4.79 Å². The number of furan rings is 1. The topological polar surface area (TPSA) is 58.0 Å². The Morgan fingerprint density at radius 3 is 2.84 bits per heavy atom. The molecular weight excluding hydrogens is 240 g/mol. The van der Waals surface area contributed by atoms with Crippen LogP contribution in [-0.4, -0.2) is 10.9 Å². The van der Waals surface area contributed by atoms with Crippen molar-refractivity contribution in [3.05, 3.63) is 60.2 Å². The highest BCUT2D eigenvalue weighted by Gasteiger charge is 2.14. The van der Waals surface area contributed by atoms with Gasteiger partial charge in [-0.2, -0.15) is 0 Å². The highest BCUT2D eigenvalue weighted by molar-refractivity contribution is 5.98. The van der Waals surface area contributed by atoms with E-state index >= 15 is 0 Å². The number of nitrogens with one attached hydrogen (secondary N) is 2. The molecule has 2 heterocycles. The van der Waals surface area contributed by atoms with Gasteiger partial charge in [0.2, 0.25) is 0 Å². The van der Waals surface area contributed by atoms with Gasteiger partial charge in [0.15, 0.2) is 0 Å². The molecule has 19 heavy (non-hydrogen) atoms. The minimum absolute atomic E-state index is 0.139. The molecule has 2 aromatic heterocycles. The number of H-pyrrole nitrogens is 1. The van der Waals surface area contributed by atoms with Crippen molar-refractivity contribution in [1.82, 2.24) is 10.3 Å². The Hall–Kier alpha value is -2.49. The second kappa shape index (κ2) is 4.65. The van der Waals surface area contributed by atoms with Gasteiger partial charge in [-0.25, -0.2) is 0 Å². The van der Waals surface area contributed by atoms with Crippen LogP contribution in [0.1, 0.15) is 29.2 Å². The van der Waals surface area contributed by atoms with E-state index in [0.717, 1.165) is 16.7 Å². The summed E-state index contributed by atoms with van der Waals surface area (Å²) in [5, 5.41) is 3.92. The summed E-state index contributed by atoms with van der Waals surface area (Å²) < 4.78 is 5.27. The Kier molecular flexibility index (Phi) is 2.83. The number of carbonyl (C=O) groups is 1. The minimum Gasteiger partial charge on any atom is -0.467 e. The van der Waals surface area contributed by atoms with Gasteiger partial charge in [0.05, 0.1) is 12.3 Å². The van der Waals surface area contributed by atoms with Crippen LogP contribution in [0.4, 0.5) is 0 Å². The molecule has 0 aliphatic rings. The number of hydrogen-bond donors (Lipinski definition) is 2. The van der Waals surface area contributed by atoms with Crippen LogP contribution in [0, 0.1) is 0 Å². The third kappa shape index (κ3) is 2.25. The summed E-state index contributed by atoms with van der Waals surface area (Å²) in [4.78, 5) is 15.2. The monoisotopic (exact) mass is 254 g/mol. The zero-order valence-corrected chi connectivity index (χ0v) is 10.5. The number of carbonyl (C=O) groups excluding carboxylic acids is 1. The lowest BCUT2D eigenvalue weighted by Gasteiger charge is -2.10. The van der Waals surface area contributed by atoms with E-state index in [0.29, 0.717) is 5.69 Å². The molecule has 0 spiro atoms. The fourth-order valence-electron chi connectivity index (χ4n) is 2.08. The predicted molar refractivity (Wildman–Crippen MR) is 72.9 cm³/mol. The van der Waals surface area contributed by atoms with E-state index in [1.807, 2.05) is 43.3 Å². The van der Waals surface area contributed by atoms with Crippen LogP contribution in [-0.2, 0) is 0 Å². The quantitative estimate of drug-likeness (QED) is 0.753. The number of para-hydroxylation sites is 1. The molecule has 0 bridgehead atoms. The summed E-state index contributed by atoms with van der Waals surface area (Å²) in [6, 6.07) is 13.1. The van der Waals surface area contributed by atoms with Gasteiger partial charge in [0, 0.05) is 10.9 Å². The molecular formula is C15H14N2O2. The van der Waals surface area contributed by atoms with Crippen molar-refractivity contribution >= 4 is 16.8 Å². The molecule has 0 saturated heterocycles. The first-order valence-corrected chi connectivity index (χ1v) is 6.16. The summed E-state index contributed by atoms with van der Waals surface area (Å²) in [6.45, 7) is 1.89. The van der Waals surface area contributed by atoms with Gasteiger partial charge < -0.3 is 14.7 Å². The molecule has 1 aromatic carbocycles. The van der Waals surface area contributed by atoms with Crippen molar-refractivity contribution in [3.8, 4) is 0 Å². The number of fused-ring (bicyclic) bond motifs is 1. The summed E-state index contributed by atoms with van der Waals surface area (Å²) in [5.74, 6) is 0.601. The van der Waals surface area contributed by atoms with Gasteiger partial charge in [-0.15, -0.1) is 0 Å². The van der Waals surface area contributed by atoms with Crippen LogP contribution in [0.15, 0.2) is 53.1 Å². The van der Waals surface area contributed by atoms with Crippen LogP contribution in [0.2, 0.25) is 0 Å². The van der Waals surface area contributed by atoms with Gasteiger partial charge in [-0.1, -0.05) is 18.2 Å². The second-order valence-corrected chi connectivity index (χ2v) is 4.48. The van der Waals surface area contributed by atoms with Crippen LogP contribution in [0.3, 0.4) is 0 Å². The fraction of sp³-hybridized carbons (Fsp3) is 0.133. The molecule has 4 heteroatoms. The molecule has 0 aliphatic heterocycles. The number of benzene rings is 1. The van der Waals surface area contributed by atoms with Gasteiger partial charge in [-0.3, -0.25) is 4.79 Å². The van der Waals surface area contributed by atoms with Crippen molar-refractivity contribution < 1.29 is 9.21 Å². The van der Waals surface area contributed by atoms with Gasteiger partial charge >= 0.3 is 0 Å². The minimum atomic E-state index is -0.158. The molecule has 3 rings (SSSR count). The van der Waals surface area contributed by atoms with Crippen molar-refractivity contribution in [1.29, 1.82) is 0 Å². The lowest BCUT2D eigenvalue weighted by molar-refractivity contribution is 0.0931. The zero-order valence-electron chi connectivity index (χ0n) is 10.5. The third-order valence-electron chi connectivity index (χ3n) is 3.09. The van der Waals surface area contributed by atoms with E-state index in [2.05, 4.69) is 10.3 Å². The summed E-state index contributed by atoms with van der Waals surface area (Å²) in [7, 11) is 0. The lowest BCUT2D eigenvalue weighted by atomic mass is 10.2. The van der Waals surface area contributed by atoms with Crippen LogP contribution in [0.25, 0.3) is 10.9 Å². The Labute approximate surface area is 110 Å². The maximum absolute atomic E-state index is 12.1. The molecule has 0 aliphatic carbocycles. The molecule has 96 valence electrons. The Bertz CT molecular complexity index is 665. The van der Waals surface area contributed by atoms with E-state index in [-0.39, 0.29) is 11.9 Å². The molecule has 0 fully saturated rings. The normalized spacial score (nSPS) is 12.5. The maximum atomic E-state index is 12.1. The van der Waals surface area contributed by atoms with Gasteiger partial charge in [0.1, 0.15) is 11.5 Å². The summed E-state index contributed by atoms with van der Waals surface area (Å²) >= 11 is 0. The number of aromatic amines is 1. The van der Waals surface area contributed by atoms with E-state index in [1.54, 1.807) is 12.3 Å². The lowest BCUT2D eigenvalue weighted by Crippen LogP contribution is -2.26. The smallest absolute Gasteiger partial charge is 0.268 e. The van der Waals surface area contributed by atoms with Crippen LogP contribution >= 0.6 is 0 Å². The van der Waals surface area contributed by atoms with Crippen LogP contribution in [0.5, 0.6) is 0 Å². The van der Waals surface area contributed by atoms with E-state index in [1.165, 1.54) is 0 Å². The van der Waals surface area contributed by atoms with Gasteiger partial charge in [-0.05, 0) is 31.2 Å². The van der Waals surface area contributed by atoms with E-state index < -0.39 is 0 Å². The number of hydrogen-bond acceptors (Lipinski definition) is 2. The predicted octanol–water partition coefficient (Wildman–Crippen LogP) is 3.25. The largest absolute Gasteiger partial charge is 0.467 e. The molecule has 1 amide bonds. The summed E-state index contributed by atoms with van der Waals surface area (Å²) in [5.41, 5.74) is 1.51. The standard InChI is InChI=1S/C15H14N2O2/c1-10(14-7-4-8-19-14)16-15(18)13-9-11-5-2-3-6-12(11)17-13/h2-10,17H,1H3,(H,16,18)/t10-/m0/s1. The SMILES string of the molecule is C[C@H](NC(=O)c1cc2ccccc2[nH]1)c1ccco1. The Morgan fingerprint density at radius 2 is 2.11 bits per heavy atom. The van der Waals surface area contributed by atoms with Crippen molar-refractivity contribution in [2.75, 3.05) is 0 Å². The molecule has 2 N–H and O–H groups in total. The molecule has 4 nitrogen and oxygen atoms in total. The van der Waals surface area contributed by atoms with Crippen molar-refractivity contribution in [2.24, 2.45) is 0 Å². The highest BCUT2D eigenvalue weighted by Crippen LogP contribution is 2.16. The molecule has 1 atom stereocenters. The average molecular weight is 254 g/mol. The second-order valence-electron chi connectivity index (χ2n) is 4.48. The third-order valence-corrected chi connectivity index (χ3v) is 3.09. The molecule has 0 unspecified atom stereocenters. The van der Waals surface area contributed by atoms with Gasteiger partial charge in [0.25, 0.3) is 5.91 Å².